The molecular weight excluding hydrogens is 144 g/mol. The van der Waals surface area contributed by atoms with E-state index in [0.717, 1.165) is 0 Å². The van der Waals surface area contributed by atoms with Crippen molar-refractivity contribution >= 4 is 11.8 Å². The molecule has 62 valence electrons. The van der Waals surface area contributed by atoms with Crippen molar-refractivity contribution in [1.82, 2.24) is 0 Å². The fourth-order valence-electron chi connectivity index (χ4n) is 1.60. The van der Waals surface area contributed by atoms with Crippen molar-refractivity contribution in [2.45, 2.75) is 26.2 Å². The minimum absolute atomic E-state index is 0.0833. The predicted octanol–water partition coefficient (Wildman–Crippen LogP) is 1.08. The van der Waals surface area contributed by atoms with Gasteiger partial charge in [0.15, 0.2) is 0 Å². The molecule has 0 aliphatic heterocycles. The Morgan fingerprint density at radius 2 is 2.27 bits per heavy atom. The average molecular weight is 156 g/mol. The Labute approximate surface area is 65.4 Å². The second kappa shape index (κ2) is 3.03. The maximum atomic E-state index is 10.9. The first-order valence-corrected chi connectivity index (χ1v) is 3.83. The lowest BCUT2D eigenvalue weighted by molar-refractivity contribution is -0.138. The van der Waals surface area contributed by atoms with E-state index in [-0.39, 0.29) is 24.0 Å². The van der Waals surface area contributed by atoms with Gasteiger partial charge in [-0.15, -0.1) is 0 Å². The quantitative estimate of drug-likeness (QED) is 0.650. The Morgan fingerprint density at radius 1 is 1.64 bits per heavy atom. The topological polar surface area (TPSA) is 54.4 Å². The lowest BCUT2D eigenvalue weighted by Gasteiger charge is -2.09. The van der Waals surface area contributed by atoms with Crippen LogP contribution in [0.4, 0.5) is 0 Å². The van der Waals surface area contributed by atoms with E-state index in [2.05, 4.69) is 0 Å². The number of carbonyl (C=O) groups is 2. The molecule has 3 nitrogen and oxygen atoms in total. The van der Waals surface area contributed by atoms with Crippen LogP contribution in [0.15, 0.2) is 0 Å². The van der Waals surface area contributed by atoms with Gasteiger partial charge in [0.2, 0.25) is 0 Å². The van der Waals surface area contributed by atoms with Crippen molar-refractivity contribution in [2.24, 2.45) is 11.8 Å². The summed E-state index contributed by atoms with van der Waals surface area (Å²) in [4.78, 5) is 21.1. The van der Waals surface area contributed by atoms with Crippen LogP contribution in [0.25, 0.3) is 0 Å². The van der Waals surface area contributed by atoms with E-state index in [9.17, 15) is 9.59 Å². The lowest BCUT2D eigenvalue weighted by atomic mass is 9.95. The number of rotatable bonds is 2. The summed E-state index contributed by atoms with van der Waals surface area (Å²) in [6.07, 6.45) is 1.18. The fourth-order valence-corrected chi connectivity index (χ4v) is 1.60. The third-order valence-corrected chi connectivity index (χ3v) is 2.28. The second-order valence-electron chi connectivity index (χ2n) is 3.28. The van der Waals surface area contributed by atoms with E-state index in [1.54, 1.807) is 0 Å². The molecule has 0 aromatic heterocycles. The van der Waals surface area contributed by atoms with Crippen LogP contribution in [0.1, 0.15) is 26.2 Å². The molecule has 1 N–H and O–H groups in total. The highest BCUT2D eigenvalue weighted by Gasteiger charge is 2.30. The molecule has 0 radical (unpaired) electrons. The van der Waals surface area contributed by atoms with E-state index in [1.807, 2.05) is 6.92 Å². The van der Waals surface area contributed by atoms with Crippen LogP contribution in [0, 0.1) is 11.8 Å². The van der Waals surface area contributed by atoms with Crippen molar-refractivity contribution in [2.75, 3.05) is 0 Å². The normalized spacial score (nSPS) is 30.8. The molecule has 1 unspecified atom stereocenters. The van der Waals surface area contributed by atoms with Crippen LogP contribution < -0.4 is 0 Å². The summed E-state index contributed by atoms with van der Waals surface area (Å²) < 4.78 is 0. The molecule has 2 atom stereocenters. The molecule has 1 aliphatic rings. The van der Waals surface area contributed by atoms with Gasteiger partial charge < -0.3 is 5.11 Å². The zero-order valence-corrected chi connectivity index (χ0v) is 6.54. The van der Waals surface area contributed by atoms with E-state index in [0.29, 0.717) is 12.8 Å². The summed E-state index contributed by atoms with van der Waals surface area (Å²) in [6.45, 7) is 1.94. The van der Waals surface area contributed by atoms with E-state index < -0.39 is 5.97 Å². The zero-order chi connectivity index (χ0) is 8.43. The summed E-state index contributed by atoms with van der Waals surface area (Å²) in [5.41, 5.74) is 0. The Bertz CT molecular complexity index is 186. The summed E-state index contributed by atoms with van der Waals surface area (Å²) in [5, 5.41) is 8.47. The molecular formula is C8H12O3. The van der Waals surface area contributed by atoms with Crippen LogP contribution in [0.5, 0.6) is 0 Å². The first kappa shape index (κ1) is 8.24. The number of aliphatic carboxylic acids is 1. The van der Waals surface area contributed by atoms with Crippen LogP contribution in [0.2, 0.25) is 0 Å². The van der Waals surface area contributed by atoms with Crippen molar-refractivity contribution in [3.63, 3.8) is 0 Å². The van der Waals surface area contributed by atoms with Gasteiger partial charge in [0.05, 0.1) is 0 Å². The third-order valence-electron chi connectivity index (χ3n) is 2.28. The number of carboxylic acids is 1. The van der Waals surface area contributed by atoms with Crippen molar-refractivity contribution in [3.05, 3.63) is 0 Å². The van der Waals surface area contributed by atoms with Gasteiger partial charge in [0, 0.05) is 19.3 Å². The molecule has 3 heteroatoms. The SMILES string of the molecule is C[C@@H]1CC(=O)CC1CC(=O)O. The number of ketones is 1. The van der Waals surface area contributed by atoms with Crippen molar-refractivity contribution in [3.8, 4) is 0 Å². The maximum Gasteiger partial charge on any atom is 0.303 e. The van der Waals surface area contributed by atoms with E-state index >= 15 is 0 Å². The van der Waals surface area contributed by atoms with Gasteiger partial charge in [-0.3, -0.25) is 9.59 Å². The number of hydrogen-bond acceptors (Lipinski definition) is 2. The zero-order valence-electron chi connectivity index (χ0n) is 6.54. The molecule has 0 heterocycles. The van der Waals surface area contributed by atoms with Crippen LogP contribution in [-0.4, -0.2) is 16.9 Å². The second-order valence-corrected chi connectivity index (χ2v) is 3.28. The molecule has 1 aliphatic carbocycles. The van der Waals surface area contributed by atoms with Crippen molar-refractivity contribution in [1.29, 1.82) is 0 Å². The molecule has 0 saturated heterocycles. The average Bonchev–Trinajstić information content (AvgIpc) is 2.09. The maximum absolute atomic E-state index is 10.9. The molecule has 1 fully saturated rings. The first-order chi connectivity index (χ1) is 5.09. The molecule has 1 rings (SSSR count). The number of carbonyl (C=O) groups excluding carboxylic acids is 1. The van der Waals surface area contributed by atoms with Crippen LogP contribution >= 0.6 is 0 Å². The largest absolute Gasteiger partial charge is 0.481 e. The Morgan fingerprint density at radius 3 is 2.64 bits per heavy atom. The summed E-state index contributed by atoms with van der Waals surface area (Å²) in [5.74, 6) is -0.237. The Hall–Kier alpha value is -0.860. The Kier molecular flexibility index (Phi) is 2.27. The number of Topliss-reactive ketones (excluding diaryl/α,β-unsaturated/α-hetero) is 1. The summed E-state index contributed by atoms with van der Waals surface area (Å²) >= 11 is 0. The van der Waals surface area contributed by atoms with Gasteiger partial charge in [-0.1, -0.05) is 6.92 Å². The van der Waals surface area contributed by atoms with Crippen molar-refractivity contribution < 1.29 is 14.7 Å². The molecule has 0 aromatic rings. The third kappa shape index (κ3) is 2.03. The predicted molar refractivity (Wildman–Crippen MR) is 39.1 cm³/mol. The highest BCUT2D eigenvalue weighted by atomic mass is 16.4. The molecule has 0 spiro atoms. The van der Waals surface area contributed by atoms with Gasteiger partial charge in [-0.05, 0) is 11.8 Å². The molecule has 0 amide bonds. The lowest BCUT2D eigenvalue weighted by Crippen LogP contribution is -2.09. The van der Waals surface area contributed by atoms with Gasteiger partial charge in [-0.25, -0.2) is 0 Å². The van der Waals surface area contributed by atoms with Gasteiger partial charge in [0.25, 0.3) is 0 Å². The van der Waals surface area contributed by atoms with Gasteiger partial charge in [-0.2, -0.15) is 0 Å². The van der Waals surface area contributed by atoms with Crippen LogP contribution in [0.3, 0.4) is 0 Å². The molecule has 11 heavy (non-hydrogen) atoms. The fraction of sp³-hybridized carbons (Fsp3) is 0.750. The highest BCUT2D eigenvalue weighted by molar-refractivity contribution is 5.82. The minimum Gasteiger partial charge on any atom is -0.481 e. The standard InChI is InChI=1S/C8H12O3/c1-5-2-7(9)3-6(5)4-8(10)11/h5-6H,2-4H2,1H3,(H,10,11)/t5-,6?/m1/s1. The molecule has 1 saturated carbocycles. The first-order valence-electron chi connectivity index (χ1n) is 3.83. The van der Waals surface area contributed by atoms with E-state index in [4.69, 9.17) is 5.11 Å². The number of carboxylic acid groups (broad SMARTS) is 1. The summed E-state index contributed by atoms with van der Waals surface area (Å²) in [6, 6.07) is 0. The van der Waals surface area contributed by atoms with E-state index in [1.165, 1.54) is 0 Å². The Balaban J connectivity index is 2.46. The molecule has 0 bridgehead atoms. The number of hydrogen-bond donors (Lipinski definition) is 1. The van der Waals surface area contributed by atoms with Gasteiger partial charge >= 0.3 is 5.97 Å². The molecule has 0 aromatic carbocycles. The van der Waals surface area contributed by atoms with Crippen LogP contribution in [-0.2, 0) is 9.59 Å². The monoisotopic (exact) mass is 156 g/mol. The van der Waals surface area contributed by atoms with Gasteiger partial charge in [0.1, 0.15) is 5.78 Å². The smallest absolute Gasteiger partial charge is 0.303 e. The summed E-state index contributed by atoms with van der Waals surface area (Å²) in [7, 11) is 0. The minimum atomic E-state index is -0.795. The highest BCUT2D eigenvalue weighted by Crippen LogP contribution is 2.30.